The van der Waals surface area contributed by atoms with E-state index in [1.54, 1.807) is 6.92 Å². The SMILES string of the molecule is C=C(/N=C\C(=C/N)OCCS(C)(=O)=O)N(Cc1cc(C(F)(F)F)ccc1N(CC)CC1CCC(CC(=O)O)CC1)[C@@H](C)c1cc(C(F)(F)F)cc(C(F)(F)F)c1. The lowest BCUT2D eigenvalue weighted by Gasteiger charge is -2.36. The van der Waals surface area contributed by atoms with Crippen LogP contribution in [0.2, 0.25) is 0 Å². The molecule has 312 valence electrons. The lowest BCUT2D eigenvalue weighted by molar-refractivity contribution is -0.143. The number of alkyl halides is 9. The van der Waals surface area contributed by atoms with Crippen molar-refractivity contribution in [2.45, 2.75) is 77.1 Å². The first-order valence-corrected chi connectivity index (χ1v) is 19.6. The summed E-state index contributed by atoms with van der Waals surface area (Å²) in [6, 6.07) is 2.54. The van der Waals surface area contributed by atoms with Crippen LogP contribution in [-0.4, -0.2) is 62.3 Å². The standard InChI is InChI=1S/C37H45F9N4O5S/c1-5-49(21-26-8-6-25(7-9-26)14-34(51)52)33-11-10-29(35(38,39)40)17-28(33)22-50(24(3)48-20-32(19-47)55-12-13-56(4,53)54)23(2)27-15-30(36(41,42)43)18-31(16-27)37(44,45)46/h10-11,15-20,23,25-26H,3,5-9,12-14,21-22,47H2,1-2,4H3,(H,51,52)/b32-19+,48-20-/t23-,25?,26?/m0/s1. The summed E-state index contributed by atoms with van der Waals surface area (Å²) in [7, 11) is -3.45. The van der Waals surface area contributed by atoms with Gasteiger partial charge in [0.1, 0.15) is 12.4 Å². The Morgan fingerprint density at radius 2 is 1.52 bits per heavy atom. The highest BCUT2D eigenvalue weighted by Crippen LogP contribution is 2.41. The topological polar surface area (TPSA) is 126 Å². The van der Waals surface area contributed by atoms with Crippen LogP contribution in [0.1, 0.15) is 79.8 Å². The van der Waals surface area contributed by atoms with Gasteiger partial charge >= 0.3 is 24.5 Å². The molecular weight excluding hydrogens is 783 g/mol. The Kier molecular flexibility index (Phi) is 15.3. The minimum absolute atomic E-state index is 0.00417. The predicted octanol–water partition coefficient (Wildman–Crippen LogP) is 8.82. The van der Waals surface area contributed by atoms with E-state index in [0.717, 1.165) is 35.7 Å². The van der Waals surface area contributed by atoms with Crippen molar-refractivity contribution in [3.63, 3.8) is 0 Å². The van der Waals surface area contributed by atoms with Crippen molar-refractivity contribution in [2.75, 3.05) is 36.6 Å². The number of carbonyl (C=O) groups is 1. The lowest BCUT2D eigenvalue weighted by atomic mass is 9.80. The van der Waals surface area contributed by atoms with Gasteiger partial charge in [-0.1, -0.05) is 6.58 Å². The number of hydrogen-bond acceptors (Lipinski definition) is 8. The second-order valence-corrected chi connectivity index (χ2v) is 16.0. The van der Waals surface area contributed by atoms with Gasteiger partial charge in [0.05, 0.1) is 34.7 Å². The maximum Gasteiger partial charge on any atom is 0.416 e. The Morgan fingerprint density at radius 1 is 0.964 bits per heavy atom. The molecule has 3 N–H and O–H groups in total. The lowest BCUT2D eigenvalue weighted by Crippen LogP contribution is -2.33. The summed E-state index contributed by atoms with van der Waals surface area (Å²) in [5.74, 6) is -1.77. The number of rotatable bonds is 17. The van der Waals surface area contributed by atoms with Gasteiger partial charge in [-0.2, -0.15) is 39.5 Å². The average Bonchev–Trinajstić information content (AvgIpc) is 3.09. The van der Waals surface area contributed by atoms with Crippen LogP contribution in [0, 0.1) is 11.8 Å². The largest absolute Gasteiger partial charge is 0.489 e. The molecule has 0 bridgehead atoms. The van der Waals surface area contributed by atoms with Crippen LogP contribution in [-0.2, 0) is 44.4 Å². The van der Waals surface area contributed by atoms with Gasteiger partial charge in [0.25, 0.3) is 0 Å². The van der Waals surface area contributed by atoms with E-state index in [9.17, 15) is 57.8 Å². The number of carboxylic acids is 1. The number of hydrogen-bond donors (Lipinski definition) is 2. The summed E-state index contributed by atoms with van der Waals surface area (Å²) in [5, 5.41) is 9.19. The van der Waals surface area contributed by atoms with E-state index in [-0.39, 0.29) is 48.1 Å². The van der Waals surface area contributed by atoms with Gasteiger partial charge in [-0.15, -0.1) is 0 Å². The summed E-state index contributed by atoms with van der Waals surface area (Å²) in [6.45, 7) is 6.65. The fraction of sp³-hybridized carbons (Fsp3) is 0.514. The van der Waals surface area contributed by atoms with Crippen molar-refractivity contribution in [1.82, 2.24) is 4.90 Å². The number of aliphatic imine (C=N–C) groups is 1. The summed E-state index contributed by atoms with van der Waals surface area (Å²) in [6.07, 6.45) is -9.71. The van der Waals surface area contributed by atoms with E-state index in [4.69, 9.17) is 10.5 Å². The number of aliphatic carboxylic acids is 1. The van der Waals surface area contributed by atoms with Crippen LogP contribution in [0.4, 0.5) is 45.2 Å². The van der Waals surface area contributed by atoms with Gasteiger partial charge in [0, 0.05) is 44.2 Å². The molecule has 0 saturated heterocycles. The molecule has 1 saturated carbocycles. The number of halogens is 9. The highest BCUT2D eigenvalue weighted by Gasteiger charge is 2.38. The zero-order valence-corrected chi connectivity index (χ0v) is 31.8. The first kappa shape index (κ1) is 46.0. The molecule has 0 unspecified atom stereocenters. The molecule has 1 atom stereocenters. The third kappa shape index (κ3) is 13.7. The smallest absolute Gasteiger partial charge is 0.416 e. The third-order valence-electron chi connectivity index (χ3n) is 9.50. The number of nitrogens with zero attached hydrogens (tertiary/aromatic N) is 3. The molecule has 0 radical (unpaired) electrons. The Balaban J connectivity index is 2.14. The molecule has 1 aliphatic carbocycles. The second-order valence-electron chi connectivity index (χ2n) is 13.7. The third-order valence-corrected chi connectivity index (χ3v) is 10.4. The maximum atomic E-state index is 14.1. The molecule has 1 aliphatic rings. The summed E-state index contributed by atoms with van der Waals surface area (Å²) in [5.41, 5.74) is 1.13. The number of carboxylic acid groups (broad SMARTS) is 1. The minimum Gasteiger partial charge on any atom is -0.489 e. The summed E-state index contributed by atoms with van der Waals surface area (Å²) >= 11 is 0. The molecule has 1 fully saturated rings. The minimum atomic E-state index is -5.19. The van der Waals surface area contributed by atoms with Gasteiger partial charge < -0.3 is 25.4 Å². The number of benzene rings is 2. The molecule has 0 spiro atoms. The molecule has 56 heavy (non-hydrogen) atoms. The van der Waals surface area contributed by atoms with Gasteiger partial charge in [0.15, 0.2) is 15.6 Å². The molecule has 0 aliphatic heterocycles. The van der Waals surface area contributed by atoms with Crippen LogP contribution in [0.25, 0.3) is 0 Å². The predicted molar refractivity (Wildman–Crippen MR) is 193 cm³/mol. The van der Waals surface area contributed by atoms with E-state index < -0.39 is 74.9 Å². The Bertz CT molecular complexity index is 1820. The first-order chi connectivity index (χ1) is 25.8. The Labute approximate surface area is 319 Å². The highest BCUT2D eigenvalue weighted by molar-refractivity contribution is 7.90. The quantitative estimate of drug-likeness (QED) is 0.0922. The van der Waals surface area contributed by atoms with Crippen molar-refractivity contribution in [3.8, 4) is 0 Å². The monoisotopic (exact) mass is 828 g/mol. The number of anilines is 1. The van der Waals surface area contributed by atoms with Crippen LogP contribution in [0.5, 0.6) is 0 Å². The number of allylic oxidation sites excluding steroid dienone is 1. The summed E-state index contributed by atoms with van der Waals surface area (Å²) < 4.78 is 154. The van der Waals surface area contributed by atoms with E-state index in [1.165, 1.54) is 13.0 Å². The van der Waals surface area contributed by atoms with E-state index in [1.807, 2.05) is 4.90 Å². The van der Waals surface area contributed by atoms with Gasteiger partial charge in [-0.3, -0.25) is 4.79 Å². The van der Waals surface area contributed by atoms with Crippen molar-refractivity contribution in [3.05, 3.63) is 88.6 Å². The Morgan fingerprint density at radius 3 is 2.00 bits per heavy atom. The Hall–Kier alpha value is -4.42. The van der Waals surface area contributed by atoms with E-state index in [2.05, 4.69) is 11.6 Å². The zero-order chi connectivity index (χ0) is 42.2. The molecule has 2 aromatic rings. The van der Waals surface area contributed by atoms with Crippen molar-refractivity contribution in [1.29, 1.82) is 0 Å². The van der Waals surface area contributed by atoms with Crippen molar-refractivity contribution in [2.24, 2.45) is 22.6 Å². The van der Waals surface area contributed by atoms with E-state index in [0.29, 0.717) is 56.6 Å². The van der Waals surface area contributed by atoms with Crippen LogP contribution in [0.15, 0.2) is 65.7 Å². The molecule has 2 aromatic carbocycles. The van der Waals surface area contributed by atoms with Crippen molar-refractivity contribution >= 4 is 27.7 Å². The number of sulfone groups is 1. The van der Waals surface area contributed by atoms with Crippen LogP contribution < -0.4 is 10.6 Å². The summed E-state index contributed by atoms with van der Waals surface area (Å²) in [4.78, 5) is 18.3. The van der Waals surface area contributed by atoms with E-state index >= 15 is 0 Å². The molecule has 0 amide bonds. The van der Waals surface area contributed by atoms with Gasteiger partial charge in [0.2, 0.25) is 0 Å². The normalized spacial score (nSPS) is 17.8. The van der Waals surface area contributed by atoms with Crippen LogP contribution in [0.3, 0.4) is 0 Å². The molecule has 0 aromatic heterocycles. The van der Waals surface area contributed by atoms with Crippen molar-refractivity contribution < 1.29 is 62.6 Å². The molecule has 9 nitrogen and oxygen atoms in total. The fourth-order valence-electron chi connectivity index (χ4n) is 6.46. The fourth-order valence-corrected chi connectivity index (χ4v) is 6.84. The molecule has 3 rings (SSSR count). The maximum absolute atomic E-state index is 14.1. The van der Waals surface area contributed by atoms with Gasteiger partial charge in [-0.25, -0.2) is 13.4 Å². The number of ether oxygens (including phenoxy) is 1. The molecular formula is C37H45F9N4O5S. The van der Waals surface area contributed by atoms with Gasteiger partial charge in [-0.05, 0) is 98.9 Å². The van der Waals surface area contributed by atoms with Crippen LogP contribution >= 0.6 is 0 Å². The zero-order valence-electron chi connectivity index (χ0n) is 30.9. The number of nitrogens with two attached hydrogens (primary N) is 1. The average molecular weight is 829 g/mol. The molecule has 19 heteroatoms. The first-order valence-electron chi connectivity index (χ1n) is 17.5. The highest BCUT2D eigenvalue weighted by atomic mass is 32.2. The molecule has 0 heterocycles. The second kappa shape index (κ2) is 18.7.